The van der Waals surface area contributed by atoms with E-state index in [9.17, 15) is 9.59 Å². The molecule has 1 aliphatic heterocycles. The molecule has 2 heterocycles. The van der Waals surface area contributed by atoms with Crippen molar-refractivity contribution in [3.05, 3.63) is 29.5 Å². The van der Waals surface area contributed by atoms with Crippen molar-refractivity contribution in [2.75, 3.05) is 33.1 Å². The Morgan fingerprint density at radius 3 is 2.83 bits per heavy atom. The van der Waals surface area contributed by atoms with E-state index in [0.717, 1.165) is 0 Å². The number of rotatable bonds is 8. The third kappa shape index (κ3) is 4.80. The molecule has 10 nitrogen and oxygen atoms in total. The number of urea groups is 1. The maximum Gasteiger partial charge on any atom is 0.337 e. The predicted molar refractivity (Wildman–Crippen MR) is 104 cm³/mol. The van der Waals surface area contributed by atoms with Gasteiger partial charge in [-0.15, -0.1) is 10.2 Å². The van der Waals surface area contributed by atoms with E-state index < -0.39 is 5.97 Å². The van der Waals surface area contributed by atoms with Crippen LogP contribution < -0.4 is 20.1 Å². The summed E-state index contributed by atoms with van der Waals surface area (Å²) in [6.07, 6.45) is 0. The largest absolute Gasteiger partial charge is 0.497 e. The second-order valence-corrected chi connectivity index (χ2v) is 6.64. The van der Waals surface area contributed by atoms with Gasteiger partial charge < -0.3 is 29.3 Å². The molecule has 2 N–H and O–H groups in total. The highest BCUT2D eigenvalue weighted by Crippen LogP contribution is 2.34. The molecular formula is C18H20N4O6S. The molecule has 0 atom stereocenters. The van der Waals surface area contributed by atoms with Crippen LogP contribution in [0.1, 0.15) is 6.92 Å². The van der Waals surface area contributed by atoms with Crippen LogP contribution in [0.2, 0.25) is 0 Å². The highest BCUT2D eigenvalue weighted by Gasteiger charge is 2.24. The molecule has 0 saturated carbocycles. The van der Waals surface area contributed by atoms with E-state index in [1.807, 2.05) is 0 Å². The minimum Gasteiger partial charge on any atom is -0.497 e. The second-order valence-electron chi connectivity index (χ2n) is 5.71. The fourth-order valence-corrected chi connectivity index (χ4v) is 3.31. The molecule has 2 amide bonds. The maximum atomic E-state index is 12.1. The van der Waals surface area contributed by atoms with Crippen molar-refractivity contribution in [1.29, 1.82) is 0 Å². The fourth-order valence-electron chi connectivity index (χ4n) is 2.55. The lowest BCUT2D eigenvalue weighted by atomic mass is 10.2. The fraction of sp³-hybridized carbons (Fsp3) is 0.333. The summed E-state index contributed by atoms with van der Waals surface area (Å²) in [6, 6.07) is 4.85. The Morgan fingerprint density at radius 1 is 1.28 bits per heavy atom. The van der Waals surface area contributed by atoms with Gasteiger partial charge in [0, 0.05) is 17.5 Å². The number of carbonyl (C=O) groups is 2. The summed E-state index contributed by atoms with van der Waals surface area (Å²) in [6.45, 7) is 2.06. The number of ether oxygens (including phenoxy) is 3. The third-order valence-corrected chi connectivity index (χ3v) is 4.81. The first-order chi connectivity index (χ1) is 14.0. The molecule has 0 bridgehead atoms. The zero-order valence-electron chi connectivity index (χ0n) is 16.1. The van der Waals surface area contributed by atoms with Crippen molar-refractivity contribution < 1.29 is 28.2 Å². The van der Waals surface area contributed by atoms with Crippen LogP contribution in [0, 0.1) is 0 Å². The molecule has 0 unspecified atom stereocenters. The number of nitrogens with zero attached hydrogens (tertiary/aromatic N) is 2. The minimum atomic E-state index is -0.482. The number of methoxy groups -OCH3 is 2. The van der Waals surface area contributed by atoms with E-state index in [0.29, 0.717) is 28.3 Å². The Bertz CT molecular complexity index is 942. The van der Waals surface area contributed by atoms with Gasteiger partial charge in [0.2, 0.25) is 0 Å². The van der Waals surface area contributed by atoms with Gasteiger partial charge >= 0.3 is 12.0 Å². The number of thioether (sulfide) groups is 1. The van der Waals surface area contributed by atoms with Gasteiger partial charge in [-0.25, -0.2) is 9.59 Å². The lowest BCUT2D eigenvalue weighted by molar-refractivity contribution is -0.138. The molecule has 0 aliphatic carbocycles. The van der Waals surface area contributed by atoms with E-state index in [4.69, 9.17) is 18.6 Å². The summed E-state index contributed by atoms with van der Waals surface area (Å²) in [4.78, 5) is 23.7. The monoisotopic (exact) mass is 420 g/mol. The van der Waals surface area contributed by atoms with Crippen molar-refractivity contribution in [1.82, 2.24) is 20.8 Å². The van der Waals surface area contributed by atoms with Gasteiger partial charge in [-0.3, -0.25) is 0 Å². The van der Waals surface area contributed by atoms with Gasteiger partial charge in [-0.2, -0.15) is 0 Å². The molecule has 29 heavy (non-hydrogen) atoms. The molecule has 2 aromatic rings. The highest BCUT2D eigenvalue weighted by atomic mass is 32.2. The van der Waals surface area contributed by atoms with Crippen molar-refractivity contribution in [2.24, 2.45) is 0 Å². The van der Waals surface area contributed by atoms with E-state index >= 15 is 0 Å². The number of nitrogens with one attached hydrogen (secondary N) is 2. The molecular weight excluding hydrogens is 400 g/mol. The van der Waals surface area contributed by atoms with Crippen LogP contribution in [-0.2, 0) is 9.53 Å². The van der Waals surface area contributed by atoms with Gasteiger partial charge in [0.05, 0.1) is 38.5 Å². The van der Waals surface area contributed by atoms with Crippen LogP contribution in [0.5, 0.6) is 11.5 Å². The zero-order valence-corrected chi connectivity index (χ0v) is 16.9. The molecule has 154 valence electrons. The summed E-state index contributed by atoms with van der Waals surface area (Å²) < 4.78 is 21.3. The van der Waals surface area contributed by atoms with Crippen molar-refractivity contribution >= 4 is 23.8 Å². The predicted octanol–water partition coefficient (Wildman–Crippen LogP) is 1.98. The van der Waals surface area contributed by atoms with Gasteiger partial charge in [-0.1, -0.05) is 11.8 Å². The van der Waals surface area contributed by atoms with Gasteiger partial charge in [0.25, 0.3) is 11.1 Å². The van der Waals surface area contributed by atoms with Crippen LogP contribution in [0.25, 0.3) is 11.5 Å². The molecule has 0 saturated heterocycles. The number of esters is 1. The molecule has 1 aliphatic rings. The Hall–Kier alpha value is -3.21. The maximum absolute atomic E-state index is 12.1. The van der Waals surface area contributed by atoms with E-state index in [1.54, 1.807) is 32.2 Å². The van der Waals surface area contributed by atoms with Crippen LogP contribution in [0.15, 0.2) is 39.1 Å². The van der Waals surface area contributed by atoms with Crippen LogP contribution in [-0.4, -0.2) is 55.3 Å². The minimum absolute atomic E-state index is 0.0959. The van der Waals surface area contributed by atoms with E-state index in [1.165, 1.54) is 18.9 Å². The highest BCUT2D eigenvalue weighted by molar-refractivity contribution is 7.99. The molecule has 3 rings (SSSR count). The topological polar surface area (TPSA) is 125 Å². The van der Waals surface area contributed by atoms with Gasteiger partial charge in [0.15, 0.2) is 0 Å². The number of benzene rings is 1. The Labute approximate surface area is 171 Å². The lowest BCUT2D eigenvalue weighted by Crippen LogP contribution is -2.44. The quantitative estimate of drug-likeness (QED) is 0.487. The smallest absolute Gasteiger partial charge is 0.337 e. The summed E-state index contributed by atoms with van der Waals surface area (Å²) >= 11 is 1.19. The standard InChI is InChI=1S/C18H20N4O6S/c1-4-27-16(23)12-8-19-17(24)20-13(12)9-29-18-22-21-15(28-18)11-6-5-10(25-2)7-14(11)26-3/h5-7H,4,8-9H2,1-3H3,(H2,19,20,24). The van der Waals surface area contributed by atoms with Crippen LogP contribution >= 0.6 is 11.8 Å². The molecule has 1 aromatic heterocycles. The summed E-state index contributed by atoms with van der Waals surface area (Å²) in [5.74, 6) is 1.22. The first kappa shape index (κ1) is 20.5. The molecule has 0 spiro atoms. The van der Waals surface area contributed by atoms with Crippen molar-refractivity contribution in [3.63, 3.8) is 0 Å². The molecule has 1 aromatic carbocycles. The summed E-state index contributed by atoms with van der Waals surface area (Å²) in [7, 11) is 3.10. The molecule has 0 fully saturated rings. The van der Waals surface area contributed by atoms with Crippen LogP contribution in [0.3, 0.4) is 0 Å². The number of aromatic nitrogens is 2. The van der Waals surface area contributed by atoms with Gasteiger partial charge in [0.1, 0.15) is 11.5 Å². The normalized spacial score (nSPS) is 13.6. The second kappa shape index (κ2) is 9.32. The van der Waals surface area contributed by atoms with Crippen molar-refractivity contribution in [3.8, 4) is 23.0 Å². The SMILES string of the molecule is CCOC(=O)C1=C(CSc2nnc(-c3ccc(OC)cc3OC)o2)NC(=O)NC1. The first-order valence-corrected chi connectivity index (χ1v) is 9.67. The van der Waals surface area contributed by atoms with E-state index in [2.05, 4.69) is 20.8 Å². The summed E-state index contributed by atoms with van der Waals surface area (Å²) in [5.41, 5.74) is 1.42. The Kier molecular flexibility index (Phi) is 6.60. The van der Waals surface area contributed by atoms with Gasteiger partial charge in [-0.05, 0) is 19.1 Å². The van der Waals surface area contributed by atoms with Crippen molar-refractivity contribution in [2.45, 2.75) is 12.1 Å². The van der Waals surface area contributed by atoms with Crippen LogP contribution in [0.4, 0.5) is 4.79 Å². The zero-order chi connectivity index (χ0) is 20.8. The number of amides is 2. The first-order valence-electron chi connectivity index (χ1n) is 8.68. The molecule has 0 radical (unpaired) electrons. The van der Waals surface area contributed by atoms with E-state index in [-0.39, 0.29) is 36.0 Å². The average Bonchev–Trinajstić information content (AvgIpc) is 3.20. The Morgan fingerprint density at radius 2 is 2.10 bits per heavy atom. The number of hydrogen-bond donors (Lipinski definition) is 2. The number of hydrogen-bond acceptors (Lipinski definition) is 9. The number of carbonyl (C=O) groups excluding carboxylic acids is 2. The summed E-state index contributed by atoms with van der Waals surface area (Å²) in [5, 5.41) is 13.5. The Balaban J connectivity index is 1.76. The average molecular weight is 420 g/mol. The third-order valence-electron chi connectivity index (χ3n) is 3.96. The molecule has 11 heteroatoms. The lowest BCUT2D eigenvalue weighted by Gasteiger charge is -2.20.